The Labute approximate surface area is 179 Å². The molecule has 0 aliphatic carbocycles. The minimum Gasteiger partial charge on any atom is -0.467 e. The van der Waals surface area contributed by atoms with Crippen LogP contribution in [0.4, 0.5) is 4.39 Å². The lowest BCUT2D eigenvalue weighted by Gasteiger charge is -2.23. The van der Waals surface area contributed by atoms with Crippen molar-refractivity contribution in [2.45, 2.75) is 59.6 Å². The van der Waals surface area contributed by atoms with Gasteiger partial charge >= 0.3 is 0 Å². The number of ether oxygens (including phenoxy) is 2. The first kappa shape index (κ1) is 23.9. The summed E-state index contributed by atoms with van der Waals surface area (Å²) in [6.45, 7) is 10.2. The topological polar surface area (TPSA) is 54.9 Å². The van der Waals surface area contributed by atoms with Crippen LogP contribution in [0, 0.1) is 11.2 Å². The molecule has 1 unspecified atom stereocenters. The van der Waals surface area contributed by atoms with Gasteiger partial charge in [0.2, 0.25) is 0 Å². The molecule has 0 saturated carbocycles. The summed E-state index contributed by atoms with van der Waals surface area (Å²) in [6.07, 6.45) is 2.87. The highest BCUT2D eigenvalue weighted by Gasteiger charge is 2.17. The number of nitrogens with zero attached hydrogens (tertiary/aromatic N) is 1. The van der Waals surface area contributed by atoms with E-state index in [0.29, 0.717) is 31.0 Å². The molecule has 0 aromatic heterocycles. The summed E-state index contributed by atoms with van der Waals surface area (Å²) in [4.78, 5) is 4.28. The largest absolute Gasteiger partial charge is 0.467 e. The summed E-state index contributed by atoms with van der Waals surface area (Å²) < 4.78 is 24.6. The first-order chi connectivity index (χ1) is 12.3. The summed E-state index contributed by atoms with van der Waals surface area (Å²) in [6, 6.07) is 3.35. The summed E-state index contributed by atoms with van der Waals surface area (Å²) in [7, 11) is 1.76. The number of halogens is 2. The van der Waals surface area contributed by atoms with Crippen LogP contribution in [0.2, 0.25) is 0 Å². The van der Waals surface area contributed by atoms with Gasteiger partial charge in [-0.25, -0.2) is 4.39 Å². The Bertz CT molecular complexity index is 632. The summed E-state index contributed by atoms with van der Waals surface area (Å²) in [5.41, 5.74) is 1.95. The molecule has 1 heterocycles. The molecule has 5 nitrogen and oxygen atoms in total. The van der Waals surface area contributed by atoms with Crippen LogP contribution in [0.5, 0.6) is 5.75 Å². The van der Waals surface area contributed by atoms with Crippen molar-refractivity contribution in [2.24, 2.45) is 10.4 Å². The van der Waals surface area contributed by atoms with Crippen molar-refractivity contribution in [3.8, 4) is 5.75 Å². The molecule has 0 radical (unpaired) electrons. The number of rotatable bonds is 6. The van der Waals surface area contributed by atoms with Gasteiger partial charge in [-0.1, -0.05) is 20.8 Å². The molecule has 2 rings (SSSR count). The maximum Gasteiger partial charge on any atom is 0.191 e. The summed E-state index contributed by atoms with van der Waals surface area (Å²) in [5.74, 6) is 1.26. The van der Waals surface area contributed by atoms with Crippen LogP contribution in [0.3, 0.4) is 0 Å². The average molecular weight is 493 g/mol. The third-order valence-corrected chi connectivity index (χ3v) is 4.37. The van der Waals surface area contributed by atoms with E-state index in [4.69, 9.17) is 9.47 Å². The Morgan fingerprint density at radius 3 is 2.74 bits per heavy atom. The van der Waals surface area contributed by atoms with Gasteiger partial charge in [0, 0.05) is 25.2 Å². The maximum atomic E-state index is 13.8. The highest BCUT2D eigenvalue weighted by Crippen LogP contribution is 2.29. The molecule has 0 saturated heterocycles. The second kappa shape index (κ2) is 11.0. The molecule has 0 bridgehead atoms. The Hall–Kier alpha value is -1.09. The molecule has 27 heavy (non-hydrogen) atoms. The van der Waals surface area contributed by atoms with Crippen LogP contribution < -0.4 is 15.4 Å². The molecule has 1 atom stereocenters. The average Bonchev–Trinajstić information content (AvgIpc) is 2.58. The predicted octanol–water partition coefficient (Wildman–Crippen LogP) is 4.23. The van der Waals surface area contributed by atoms with Crippen molar-refractivity contribution in [1.82, 2.24) is 10.6 Å². The predicted molar refractivity (Wildman–Crippen MR) is 118 cm³/mol. The van der Waals surface area contributed by atoms with Gasteiger partial charge in [-0.05, 0) is 49.3 Å². The molecular weight excluding hydrogens is 460 g/mol. The van der Waals surface area contributed by atoms with Gasteiger partial charge in [-0.2, -0.15) is 0 Å². The smallest absolute Gasteiger partial charge is 0.191 e. The molecule has 1 aromatic carbocycles. The van der Waals surface area contributed by atoms with E-state index in [1.807, 2.05) is 0 Å². The van der Waals surface area contributed by atoms with E-state index in [1.165, 1.54) is 12.1 Å². The highest BCUT2D eigenvalue weighted by atomic mass is 127. The Balaban J connectivity index is 0.00000364. The number of hydrogen-bond acceptors (Lipinski definition) is 3. The molecular formula is C20H33FIN3O2. The van der Waals surface area contributed by atoms with Crippen LogP contribution in [0.1, 0.15) is 51.7 Å². The van der Waals surface area contributed by atoms with E-state index in [0.717, 1.165) is 35.7 Å². The third-order valence-electron chi connectivity index (χ3n) is 4.37. The van der Waals surface area contributed by atoms with E-state index in [2.05, 4.69) is 43.3 Å². The van der Waals surface area contributed by atoms with Gasteiger partial charge < -0.3 is 20.1 Å². The SMILES string of the molecule is CN=C(NCCc1cc(F)cc2c1OCOC2)NC(C)CCC(C)(C)C.I. The molecule has 0 fully saturated rings. The van der Waals surface area contributed by atoms with Gasteiger partial charge in [0.1, 0.15) is 11.6 Å². The van der Waals surface area contributed by atoms with Gasteiger partial charge in [0.25, 0.3) is 0 Å². The second-order valence-corrected chi connectivity index (χ2v) is 8.06. The number of hydrogen-bond donors (Lipinski definition) is 2. The van der Waals surface area contributed by atoms with E-state index in [9.17, 15) is 4.39 Å². The lowest BCUT2D eigenvalue weighted by Crippen LogP contribution is -2.43. The van der Waals surface area contributed by atoms with E-state index in [-0.39, 0.29) is 36.6 Å². The summed E-state index contributed by atoms with van der Waals surface area (Å²) >= 11 is 0. The lowest BCUT2D eigenvalue weighted by molar-refractivity contribution is -0.0172. The van der Waals surface area contributed by atoms with Crippen molar-refractivity contribution in [2.75, 3.05) is 20.4 Å². The first-order valence-corrected chi connectivity index (χ1v) is 9.27. The fraction of sp³-hybridized carbons (Fsp3) is 0.650. The van der Waals surface area contributed by atoms with Crippen LogP contribution in [0.15, 0.2) is 17.1 Å². The van der Waals surface area contributed by atoms with E-state index < -0.39 is 0 Å². The maximum absolute atomic E-state index is 13.8. The fourth-order valence-corrected chi connectivity index (χ4v) is 2.91. The Morgan fingerprint density at radius 2 is 2.07 bits per heavy atom. The molecule has 1 aromatic rings. The number of aliphatic imine (C=N–C) groups is 1. The zero-order valence-electron chi connectivity index (χ0n) is 17.0. The van der Waals surface area contributed by atoms with Crippen molar-refractivity contribution in [3.63, 3.8) is 0 Å². The molecule has 2 N–H and O–H groups in total. The fourth-order valence-electron chi connectivity index (χ4n) is 2.91. The standard InChI is InChI=1S/C20H32FN3O2.HI/c1-14(6-8-20(2,3)4)24-19(22-5)23-9-7-15-10-17(21)11-16-12-25-13-26-18(15)16;/h10-11,14H,6-9,12-13H2,1-5H3,(H2,22,23,24);1H. The van der Waals surface area contributed by atoms with Gasteiger partial charge in [0.05, 0.1) is 6.61 Å². The Kier molecular flexibility index (Phi) is 9.80. The minimum atomic E-state index is -0.258. The van der Waals surface area contributed by atoms with Crippen molar-refractivity contribution >= 4 is 29.9 Å². The number of benzene rings is 1. The Morgan fingerprint density at radius 1 is 1.33 bits per heavy atom. The zero-order valence-corrected chi connectivity index (χ0v) is 19.4. The number of fused-ring (bicyclic) bond motifs is 1. The van der Waals surface area contributed by atoms with Crippen molar-refractivity contribution in [3.05, 3.63) is 29.1 Å². The van der Waals surface area contributed by atoms with Gasteiger partial charge in [-0.3, -0.25) is 4.99 Å². The number of guanidine groups is 1. The molecule has 7 heteroatoms. The second-order valence-electron chi connectivity index (χ2n) is 8.06. The van der Waals surface area contributed by atoms with E-state index in [1.54, 1.807) is 7.05 Å². The number of nitrogens with one attached hydrogen (secondary N) is 2. The van der Waals surface area contributed by atoms with Crippen molar-refractivity contribution < 1.29 is 13.9 Å². The quantitative estimate of drug-likeness (QED) is 0.354. The molecule has 0 spiro atoms. The molecule has 1 aliphatic heterocycles. The first-order valence-electron chi connectivity index (χ1n) is 9.27. The zero-order chi connectivity index (χ0) is 19.2. The van der Waals surface area contributed by atoms with Crippen LogP contribution >= 0.6 is 24.0 Å². The van der Waals surface area contributed by atoms with E-state index >= 15 is 0 Å². The highest BCUT2D eigenvalue weighted by molar-refractivity contribution is 14.0. The molecule has 154 valence electrons. The molecule has 0 amide bonds. The monoisotopic (exact) mass is 493 g/mol. The minimum absolute atomic E-state index is 0. The van der Waals surface area contributed by atoms with Gasteiger partial charge in [-0.15, -0.1) is 24.0 Å². The van der Waals surface area contributed by atoms with Crippen LogP contribution in [-0.4, -0.2) is 32.4 Å². The van der Waals surface area contributed by atoms with Crippen LogP contribution in [0.25, 0.3) is 0 Å². The summed E-state index contributed by atoms with van der Waals surface area (Å²) in [5, 5.41) is 6.71. The lowest BCUT2D eigenvalue weighted by atomic mass is 9.89. The normalized spacial score (nSPS) is 15.3. The van der Waals surface area contributed by atoms with Gasteiger partial charge in [0.15, 0.2) is 12.8 Å². The van der Waals surface area contributed by atoms with Crippen molar-refractivity contribution in [1.29, 1.82) is 0 Å². The third kappa shape index (κ3) is 8.21. The van der Waals surface area contributed by atoms with Crippen LogP contribution in [-0.2, 0) is 17.8 Å². The molecule has 1 aliphatic rings.